The quantitative estimate of drug-likeness (QED) is 0.847. The number of halogens is 1. The van der Waals surface area contributed by atoms with E-state index in [2.05, 4.69) is 11.9 Å². The molecule has 0 unspecified atom stereocenters. The number of fused-ring (bicyclic) bond motifs is 1. The molecule has 7 heteroatoms. The average Bonchev–Trinajstić information content (AvgIpc) is 2.77. The molecule has 1 aromatic heterocycles. The van der Waals surface area contributed by atoms with E-state index in [1.807, 2.05) is 0 Å². The average molecular weight is 295 g/mol. The number of hydrogen-bond donors (Lipinski definition) is 2. The van der Waals surface area contributed by atoms with E-state index in [4.69, 9.17) is 9.84 Å². The minimum Gasteiger partial charge on any atom is -0.477 e. The van der Waals surface area contributed by atoms with Crippen molar-refractivity contribution in [1.29, 1.82) is 0 Å². The van der Waals surface area contributed by atoms with Gasteiger partial charge in [0.1, 0.15) is 17.3 Å². The Hall–Kier alpha value is -2.41. The highest BCUT2D eigenvalue weighted by atomic mass is 32.1. The summed E-state index contributed by atoms with van der Waals surface area (Å²) < 4.78 is 19.0. The molecule has 0 aliphatic heterocycles. The minimum atomic E-state index is -1.25. The topological polar surface area (TPSA) is 75.6 Å². The molecule has 0 aliphatic rings. The van der Waals surface area contributed by atoms with Crippen molar-refractivity contribution in [3.8, 4) is 0 Å². The summed E-state index contributed by atoms with van der Waals surface area (Å²) >= 11 is 0.882. The largest absolute Gasteiger partial charge is 0.477 e. The fraction of sp³-hybridized carbons (Fsp3) is 0.0769. The van der Waals surface area contributed by atoms with Crippen LogP contribution in [0, 0.1) is 5.82 Å². The van der Waals surface area contributed by atoms with E-state index in [-0.39, 0.29) is 22.6 Å². The number of carboxylic acids is 1. The zero-order valence-electron chi connectivity index (χ0n) is 10.2. The number of carboxylic acid groups (broad SMARTS) is 1. The fourth-order valence-corrected chi connectivity index (χ4v) is 2.66. The lowest BCUT2D eigenvalue weighted by Crippen LogP contribution is -2.15. The van der Waals surface area contributed by atoms with Gasteiger partial charge in [-0.25, -0.2) is 14.0 Å². The van der Waals surface area contributed by atoms with Gasteiger partial charge in [0.2, 0.25) is 0 Å². The van der Waals surface area contributed by atoms with Crippen LogP contribution in [0.1, 0.15) is 9.67 Å². The normalized spacial score (nSPS) is 10.2. The molecular weight excluding hydrogens is 285 g/mol. The summed E-state index contributed by atoms with van der Waals surface area (Å²) in [5.41, 5.74) is -0.0929. The number of aromatic carboxylic acids is 1. The van der Waals surface area contributed by atoms with E-state index in [0.29, 0.717) is 4.70 Å². The van der Waals surface area contributed by atoms with Crippen molar-refractivity contribution in [3.63, 3.8) is 0 Å². The molecule has 0 fully saturated rings. The second-order valence-corrected chi connectivity index (χ2v) is 4.79. The number of rotatable bonds is 4. The molecule has 1 amide bonds. The lowest BCUT2D eigenvalue weighted by atomic mass is 10.2. The molecule has 1 aromatic carbocycles. The molecular formula is C13H10FNO4S. The highest BCUT2D eigenvalue weighted by molar-refractivity contribution is 7.21. The van der Waals surface area contributed by atoms with E-state index < -0.39 is 17.9 Å². The first-order valence-corrected chi connectivity index (χ1v) is 6.35. The van der Waals surface area contributed by atoms with E-state index >= 15 is 0 Å². The van der Waals surface area contributed by atoms with Gasteiger partial charge in [0, 0.05) is 4.70 Å². The van der Waals surface area contributed by atoms with Crippen LogP contribution in [0.2, 0.25) is 0 Å². The molecule has 0 atom stereocenters. The standard InChI is InChI=1S/C13H10FNO4S/c1-2-6-19-13(18)15-10-9-7(14)4-3-5-8(9)20-11(10)12(16)17/h2-5H,1,6H2,(H,15,18)(H,16,17). The second-order valence-electron chi connectivity index (χ2n) is 3.74. The molecule has 0 saturated carbocycles. The highest BCUT2D eigenvalue weighted by Gasteiger charge is 2.22. The highest BCUT2D eigenvalue weighted by Crippen LogP contribution is 2.37. The molecule has 0 bridgehead atoms. The van der Waals surface area contributed by atoms with Gasteiger partial charge in [-0.1, -0.05) is 18.7 Å². The summed E-state index contributed by atoms with van der Waals surface area (Å²) in [4.78, 5) is 22.5. The lowest BCUT2D eigenvalue weighted by Gasteiger charge is -2.06. The fourth-order valence-electron chi connectivity index (χ4n) is 1.65. The van der Waals surface area contributed by atoms with Crippen molar-refractivity contribution in [2.24, 2.45) is 0 Å². The first-order valence-electron chi connectivity index (χ1n) is 5.53. The number of benzene rings is 1. The van der Waals surface area contributed by atoms with E-state index in [9.17, 15) is 14.0 Å². The van der Waals surface area contributed by atoms with Crippen LogP contribution in [0.3, 0.4) is 0 Å². The maximum absolute atomic E-state index is 13.8. The number of hydrogen-bond acceptors (Lipinski definition) is 4. The zero-order chi connectivity index (χ0) is 14.7. The molecule has 20 heavy (non-hydrogen) atoms. The number of ether oxygens (including phenoxy) is 1. The number of anilines is 1. The lowest BCUT2D eigenvalue weighted by molar-refractivity contribution is 0.0703. The molecule has 0 spiro atoms. The van der Waals surface area contributed by atoms with E-state index in [0.717, 1.165) is 11.3 Å². The van der Waals surface area contributed by atoms with Gasteiger partial charge in [-0.2, -0.15) is 0 Å². The van der Waals surface area contributed by atoms with Crippen molar-refractivity contribution < 1.29 is 23.8 Å². The third-order valence-corrected chi connectivity index (χ3v) is 3.56. The van der Waals surface area contributed by atoms with Crippen LogP contribution in [0.15, 0.2) is 30.9 Å². The predicted octanol–water partition coefficient (Wildman–Crippen LogP) is 3.47. The third kappa shape index (κ3) is 2.62. The Morgan fingerprint density at radius 2 is 2.25 bits per heavy atom. The molecule has 0 aliphatic carbocycles. The van der Waals surface area contributed by atoms with Crippen molar-refractivity contribution in [2.75, 3.05) is 11.9 Å². The summed E-state index contributed by atoms with van der Waals surface area (Å²) in [6.45, 7) is 3.35. The van der Waals surface area contributed by atoms with Crippen molar-refractivity contribution in [3.05, 3.63) is 41.5 Å². The summed E-state index contributed by atoms with van der Waals surface area (Å²) in [7, 11) is 0. The van der Waals surface area contributed by atoms with Gasteiger partial charge >= 0.3 is 12.1 Å². The first-order chi connectivity index (χ1) is 9.54. The first kappa shape index (κ1) is 14.0. The Balaban J connectivity index is 2.48. The second kappa shape index (κ2) is 5.70. The van der Waals surface area contributed by atoms with Gasteiger partial charge in [-0.3, -0.25) is 5.32 Å². The van der Waals surface area contributed by atoms with Gasteiger partial charge in [0.05, 0.1) is 11.1 Å². The van der Waals surface area contributed by atoms with Crippen LogP contribution < -0.4 is 5.32 Å². The van der Waals surface area contributed by atoms with E-state index in [1.165, 1.54) is 18.2 Å². The number of thiophene rings is 1. The van der Waals surface area contributed by atoms with Crippen LogP contribution in [-0.2, 0) is 4.74 Å². The Kier molecular flexibility index (Phi) is 3.99. The number of carbonyl (C=O) groups excluding carboxylic acids is 1. The van der Waals surface area contributed by atoms with Crippen LogP contribution >= 0.6 is 11.3 Å². The Labute approximate surface area is 117 Å². The summed E-state index contributed by atoms with van der Waals surface area (Å²) in [5, 5.41) is 11.5. The molecule has 1 heterocycles. The summed E-state index contributed by atoms with van der Waals surface area (Å²) in [6, 6.07) is 4.25. The smallest absolute Gasteiger partial charge is 0.412 e. The molecule has 5 nitrogen and oxygen atoms in total. The van der Waals surface area contributed by atoms with Crippen molar-refractivity contribution in [2.45, 2.75) is 0 Å². The predicted molar refractivity (Wildman–Crippen MR) is 73.9 cm³/mol. The molecule has 0 saturated heterocycles. The van der Waals surface area contributed by atoms with Crippen LogP contribution in [0.4, 0.5) is 14.9 Å². The monoisotopic (exact) mass is 295 g/mol. The maximum atomic E-state index is 13.8. The molecule has 2 rings (SSSR count). The van der Waals surface area contributed by atoms with Crippen LogP contribution in [0.25, 0.3) is 10.1 Å². The van der Waals surface area contributed by atoms with E-state index in [1.54, 1.807) is 6.07 Å². The molecule has 2 aromatic rings. The number of nitrogens with one attached hydrogen (secondary N) is 1. The van der Waals surface area contributed by atoms with Gasteiger partial charge < -0.3 is 9.84 Å². The third-order valence-electron chi connectivity index (χ3n) is 2.42. The van der Waals surface area contributed by atoms with Gasteiger partial charge in [-0.15, -0.1) is 11.3 Å². The van der Waals surface area contributed by atoms with Crippen LogP contribution in [0.5, 0.6) is 0 Å². The minimum absolute atomic E-state index is 0.0290. The van der Waals surface area contributed by atoms with Crippen molar-refractivity contribution >= 4 is 39.2 Å². The molecule has 104 valence electrons. The van der Waals surface area contributed by atoms with Crippen molar-refractivity contribution in [1.82, 2.24) is 0 Å². The summed E-state index contributed by atoms with van der Waals surface area (Å²) in [6.07, 6.45) is 0.500. The molecule has 2 N–H and O–H groups in total. The SMILES string of the molecule is C=CCOC(=O)Nc1c(C(=O)O)sc2cccc(F)c12. The van der Waals surface area contributed by atoms with Gasteiger partial charge in [0.25, 0.3) is 0 Å². The Morgan fingerprint density at radius 1 is 1.50 bits per heavy atom. The maximum Gasteiger partial charge on any atom is 0.412 e. The van der Waals surface area contributed by atoms with Gasteiger partial charge in [-0.05, 0) is 12.1 Å². The van der Waals surface area contributed by atoms with Gasteiger partial charge in [0.15, 0.2) is 0 Å². The Morgan fingerprint density at radius 3 is 2.90 bits per heavy atom. The molecule has 0 radical (unpaired) electrons. The Bertz CT molecular complexity index is 695. The zero-order valence-corrected chi connectivity index (χ0v) is 11.0. The summed E-state index contributed by atoms with van der Waals surface area (Å²) in [5.74, 6) is -1.85. The number of amides is 1. The van der Waals surface area contributed by atoms with Crippen LogP contribution in [-0.4, -0.2) is 23.8 Å². The number of carbonyl (C=O) groups is 2.